The zero-order valence-corrected chi connectivity index (χ0v) is 23.1. The lowest BCUT2D eigenvalue weighted by atomic mass is 9.80. The highest BCUT2D eigenvalue weighted by atomic mass is 35.5. The second-order valence-corrected chi connectivity index (χ2v) is 11.3. The van der Waals surface area contributed by atoms with Crippen molar-refractivity contribution in [2.75, 3.05) is 7.11 Å². The van der Waals surface area contributed by atoms with Gasteiger partial charge in [-0.3, -0.25) is 4.79 Å². The molecule has 1 aromatic heterocycles. The molecular formula is C32H43ClN2O2. The van der Waals surface area contributed by atoms with Crippen molar-refractivity contribution in [2.24, 2.45) is 17.6 Å². The largest absolute Gasteiger partial charge is 0.497 e. The Morgan fingerprint density at radius 3 is 2.49 bits per heavy atom. The summed E-state index contributed by atoms with van der Waals surface area (Å²) in [5.41, 5.74) is 9.84. The van der Waals surface area contributed by atoms with E-state index in [1.54, 1.807) is 7.11 Å². The van der Waals surface area contributed by atoms with E-state index in [9.17, 15) is 4.79 Å². The predicted octanol–water partition coefficient (Wildman–Crippen LogP) is 7.65. The van der Waals surface area contributed by atoms with Gasteiger partial charge in [0.25, 0.3) is 0 Å². The van der Waals surface area contributed by atoms with Gasteiger partial charge < -0.3 is 15.0 Å². The van der Waals surface area contributed by atoms with Crippen molar-refractivity contribution in [1.29, 1.82) is 0 Å². The number of ketones is 1. The topological polar surface area (TPSA) is 57.2 Å². The number of hydrogen-bond donors (Lipinski definition) is 1. The highest BCUT2D eigenvalue weighted by molar-refractivity contribution is 5.87. The number of hydrogen-bond acceptors (Lipinski definition) is 3. The van der Waals surface area contributed by atoms with Gasteiger partial charge in [0, 0.05) is 48.4 Å². The number of nitrogens with two attached hydrogens (primary N) is 1. The molecule has 2 aliphatic carbocycles. The van der Waals surface area contributed by atoms with Crippen molar-refractivity contribution in [3.8, 4) is 5.75 Å². The Balaban J connectivity index is 0.00000320. The number of Topliss-reactive ketones (excluding diaryl/α,β-unsaturated/α-hetero) is 1. The summed E-state index contributed by atoms with van der Waals surface area (Å²) < 4.78 is 8.04. The number of benzene rings is 2. The molecule has 2 N–H and O–H groups in total. The molecule has 0 aliphatic heterocycles. The summed E-state index contributed by atoms with van der Waals surface area (Å²) in [6, 6.07) is 17.4. The van der Waals surface area contributed by atoms with Gasteiger partial charge >= 0.3 is 0 Å². The van der Waals surface area contributed by atoms with Gasteiger partial charge in [0.2, 0.25) is 0 Å². The van der Waals surface area contributed by atoms with Crippen molar-refractivity contribution in [3.05, 3.63) is 65.9 Å². The van der Waals surface area contributed by atoms with E-state index in [1.165, 1.54) is 48.6 Å². The summed E-state index contributed by atoms with van der Waals surface area (Å²) in [6.45, 7) is 1.07. The first-order valence-corrected chi connectivity index (χ1v) is 14.1. The Morgan fingerprint density at radius 1 is 0.973 bits per heavy atom. The second kappa shape index (κ2) is 13.0. The normalized spacial score (nSPS) is 21.4. The molecule has 3 aromatic rings. The van der Waals surface area contributed by atoms with Crippen LogP contribution in [-0.2, 0) is 11.3 Å². The minimum Gasteiger partial charge on any atom is -0.497 e. The Bertz CT molecular complexity index is 1160. The summed E-state index contributed by atoms with van der Waals surface area (Å²) in [7, 11) is 1.71. The number of nitrogens with zero attached hydrogens (tertiary/aromatic N) is 1. The van der Waals surface area contributed by atoms with Crippen LogP contribution in [0.1, 0.15) is 87.7 Å². The highest BCUT2D eigenvalue weighted by Crippen LogP contribution is 2.38. The zero-order valence-electron chi connectivity index (χ0n) is 22.2. The van der Waals surface area contributed by atoms with Crippen molar-refractivity contribution < 1.29 is 9.53 Å². The van der Waals surface area contributed by atoms with Gasteiger partial charge in [0.05, 0.1) is 7.11 Å². The molecule has 5 rings (SSSR count). The van der Waals surface area contributed by atoms with Gasteiger partial charge in [-0.25, -0.2) is 0 Å². The molecule has 37 heavy (non-hydrogen) atoms. The number of halogens is 1. The lowest BCUT2D eigenvalue weighted by Crippen LogP contribution is -2.27. The van der Waals surface area contributed by atoms with E-state index in [-0.39, 0.29) is 18.3 Å². The monoisotopic (exact) mass is 522 g/mol. The molecule has 2 fully saturated rings. The first-order chi connectivity index (χ1) is 17.6. The van der Waals surface area contributed by atoms with Gasteiger partial charge in [-0.1, -0.05) is 49.6 Å². The van der Waals surface area contributed by atoms with Crippen LogP contribution < -0.4 is 10.5 Å². The van der Waals surface area contributed by atoms with Crippen molar-refractivity contribution in [2.45, 2.75) is 89.1 Å². The SMILES string of the molecule is COc1cccc(C(CC(=O)CC2CCC(N)CC2)c2cn(CC3CCCCC3)c3ccccc23)c1.Cl. The standard InChI is InChI=1S/C32H42N2O2.ClH/c1-36-28-11-7-10-25(19-28)30(20-27(35)18-23-14-16-26(33)17-15-23)31-22-34(21-24-8-3-2-4-9-24)32-13-6-5-12-29(31)32;/h5-7,10-13,19,22-24,26,30H,2-4,8-9,14-18,20-21,33H2,1H3;1H. The number of fused-ring (bicyclic) bond motifs is 1. The highest BCUT2D eigenvalue weighted by Gasteiger charge is 2.27. The van der Waals surface area contributed by atoms with E-state index in [1.807, 2.05) is 6.07 Å². The van der Waals surface area contributed by atoms with Crippen LogP contribution in [0.3, 0.4) is 0 Å². The molecule has 1 atom stereocenters. The summed E-state index contributed by atoms with van der Waals surface area (Å²) in [5.74, 6) is 2.47. The average molecular weight is 523 g/mol. The van der Waals surface area contributed by atoms with E-state index in [4.69, 9.17) is 10.5 Å². The third kappa shape index (κ3) is 6.78. The molecule has 200 valence electrons. The van der Waals surface area contributed by atoms with Crippen molar-refractivity contribution >= 4 is 29.1 Å². The van der Waals surface area contributed by atoms with Crippen molar-refractivity contribution in [3.63, 3.8) is 0 Å². The van der Waals surface area contributed by atoms with Crippen LogP contribution >= 0.6 is 12.4 Å². The number of para-hydroxylation sites is 1. The fourth-order valence-electron chi connectivity index (χ4n) is 6.64. The summed E-state index contributed by atoms with van der Waals surface area (Å²) in [5, 5.41) is 1.28. The Labute approximate surface area is 228 Å². The fourth-order valence-corrected chi connectivity index (χ4v) is 6.64. The molecule has 0 radical (unpaired) electrons. The Kier molecular flexibility index (Phi) is 9.72. The maximum atomic E-state index is 13.5. The summed E-state index contributed by atoms with van der Waals surface area (Å²) >= 11 is 0. The lowest BCUT2D eigenvalue weighted by molar-refractivity contribution is -0.120. The summed E-state index contributed by atoms with van der Waals surface area (Å²) in [6.07, 6.45) is 14.5. The van der Waals surface area contributed by atoms with Crippen LogP contribution in [-0.4, -0.2) is 23.5 Å². The van der Waals surface area contributed by atoms with E-state index in [0.29, 0.717) is 30.6 Å². The molecule has 0 bridgehead atoms. The predicted molar refractivity (Wildman–Crippen MR) is 155 cm³/mol. The van der Waals surface area contributed by atoms with Gasteiger partial charge in [-0.2, -0.15) is 0 Å². The minimum absolute atomic E-state index is 0. The molecule has 0 spiro atoms. The molecule has 0 saturated heterocycles. The van der Waals surface area contributed by atoms with Crippen LogP contribution in [0.15, 0.2) is 54.7 Å². The molecule has 4 nitrogen and oxygen atoms in total. The average Bonchev–Trinajstić information content (AvgIpc) is 3.27. The Morgan fingerprint density at radius 2 is 1.73 bits per heavy atom. The molecule has 1 heterocycles. The smallest absolute Gasteiger partial charge is 0.134 e. The van der Waals surface area contributed by atoms with E-state index in [2.05, 4.69) is 53.2 Å². The third-order valence-corrected chi connectivity index (χ3v) is 8.71. The maximum Gasteiger partial charge on any atom is 0.134 e. The molecule has 0 amide bonds. The number of aromatic nitrogens is 1. The van der Waals surface area contributed by atoms with Crippen molar-refractivity contribution in [1.82, 2.24) is 4.57 Å². The first-order valence-electron chi connectivity index (χ1n) is 14.1. The van der Waals surface area contributed by atoms with Crippen LogP contribution in [0.5, 0.6) is 5.75 Å². The maximum absolute atomic E-state index is 13.5. The molecule has 2 saturated carbocycles. The second-order valence-electron chi connectivity index (χ2n) is 11.3. The number of methoxy groups -OCH3 is 1. The van der Waals surface area contributed by atoms with E-state index < -0.39 is 0 Å². The van der Waals surface area contributed by atoms with Gasteiger partial charge in [0.1, 0.15) is 11.5 Å². The third-order valence-electron chi connectivity index (χ3n) is 8.71. The number of carbonyl (C=O) groups is 1. The number of carbonyl (C=O) groups excluding carboxylic acids is 1. The van der Waals surface area contributed by atoms with Crippen LogP contribution in [0.25, 0.3) is 10.9 Å². The van der Waals surface area contributed by atoms with Crippen LogP contribution in [0.4, 0.5) is 0 Å². The van der Waals surface area contributed by atoms with E-state index >= 15 is 0 Å². The molecule has 5 heteroatoms. The molecule has 2 aromatic carbocycles. The quantitative estimate of drug-likeness (QED) is 0.314. The minimum atomic E-state index is 0. The number of ether oxygens (including phenoxy) is 1. The number of rotatable bonds is 9. The van der Waals surface area contributed by atoms with Crippen LogP contribution in [0.2, 0.25) is 0 Å². The van der Waals surface area contributed by atoms with Crippen LogP contribution in [0, 0.1) is 11.8 Å². The summed E-state index contributed by atoms with van der Waals surface area (Å²) in [4.78, 5) is 13.5. The van der Waals surface area contributed by atoms with Gasteiger partial charge in [-0.15, -0.1) is 12.4 Å². The Hall–Kier alpha value is -2.30. The van der Waals surface area contributed by atoms with E-state index in [0.717, 1.165) is 49.5 Å². The van der Waals surface area contributed by atoms with Gasteiger partial charge in [-0.05, 0) is 79.7 Å². The first kappa shape index (κ1) is 27.7. The lowest BCUT2D eigenvalue weighted by Gasteiger charge is -2.26. The van der Waals surface area contributed by atoms with Gasteiger partial charge in [0.15, 0.2) is 0 Å². The molecule has 1 unspecified atom stereocenters. The zero-order chi connectivity index (χ0) is 24.9. The molecular weight excluding hydrogens is 480 g/mol. The fraction of sp³-hybridized carbons (Fsp3) is 0.531. The molecule has 2 aliphatic rings.